The van der Waals surface area contributed by atoms with E-state index in [2.05, 4.69) is 25.4 Å². The maximum absolute atomic E-state index is 11.6. The molecule has 0 saturated carbocycles. The molecule has 0 saturated heterocycles. The number of rotatable bonds is 8. The average Bonchev–Trinajstić information content (AvgIpc) is 2.38. The summed E-state index contributed by atoms with van der Waals surface area (Å²) in [5.41, 5.74) is 0. The van der Waals surface area contributed by atoms with Crippen LogP contribution in [0.25, 0.3) is 0 Å². The number of carboxylic acids is 1. The average molecular weight is 399 g/mol. The molecule has 130 valence electrons. The fourth-order valence-electron chi connectivity index (χ4n) is 1.56. The molecule has 23 heavy (non-hydrogen) atoms. The molecule has 0 fully saturated rings. The number of halogens is 1. The zero-order valence-electron chi connectivity index (χ0n) is 12.3. The Hall–Kier alpha value is -2.01. The van der Waals surface area contributed by atoms with Gasteiger partial charge in [0.2, 0.25) is 10.8 Å². The minimum Gasteiger partial charge on any atom is -0.479 e. The summed E-state index contributed by atoms with van der Waals surface area (Å²) in [6.07, 6.45) is -8.04. The Kier molecular flexibility index (Phi) is 8.40. The van der Waals surface area contributed by atoms with Gasteiger partial charge in [0.15, 0.2) is 18.3 Å². The van der Waals surface area contributed by atoms with Gasteiger partial charge in [0.1, 0.15) is 0 Å². The van der Waals surface area contributed by atoms with Crippen LogP contribution in [0.2, 0.25) is 0 Å². The van der Waals surface area contributed by atoms with E-state index in [4.69, 9.17) is 9.84 Å². The van der Waals surface area contributed by atoms with Crippen LogP contribution in [0.15, 0.2) is 0 Å². The summed E-state index contributed by atoms with van der Waals surface area (Å²) < 4.78 is 13.0. The van der Waals surface area contributed by atoms with Crippen molar-refractivity contribution in [1.29, 1.82) is 0 Å². The van der Waals surface area contributed by atoms with Crippen molar-refractivity contribution in [2.24, 2.45) is 0 Å². The Morgan fingerprint density at radius 1 is 0.826 bits per heavy atom. The number of aliphatic carboxylic acids is 1. The molecule has 10 nitrogen and oxygen atoms in total. The maximum Gasteiger partial charge on any atom is 0.336 e. The molecule has 0 amide bonds. The summed E-state index contributed by atoms with van der Waals surface area (Å²) in [7, 11) is 0. The Balaban J connectivity index is 5.85. The zero-order chi connectivity index (χ0) is 18.3. The Labute approximate surface area is 138 Å². The molecule has 0 radical (unpaired) electrons. The van der Waals surface area contributed by atoms with Gasteiger partial charge < -0.3 is 24.4 Å². The summed E-state index contributed by atoms with van der Waals surface area (Å²) in [4.78, 5) is 55.9. The first-order chi connectivity index (χ1) is 10.5. The summed E-state index contributed by atoms with van der Waals surface area (Å²) in [6.45, 7) is 2.78. The third kappa shape index (κ3) is 7.19. The third-order valence-corrected chi connectivity index (χ3v) is 2.76. The highest BCUT2D eigenvalue weighted by atomic mass is 79.9. The third-order valence-electron chi connectivity index (χ3n) is 2.31. The molecule has 0 rings (SSSR count). The van der Waals surface area contributed by atoms with Crippen molar-refractivity contribution in [3.63, 3.8) is 0 Å². The monoisotopic (exact) mass is 398 g/mol. The number of carbonyl (C=O) groups excluding carboxylic acids is 4. The van der Waals surface area contributed by atoms with Gasteiger partial charge in [-0.25, -0.2) is 4.79 Å². The minimum absolute atomic E-state index is 0.906. The number of aliphatic hydroxyl groups is 1. The highest BCUT2D eigenvalue weighted by molar-refractivity contribution is 9.18. The molecular formula is C12H15BrO10. The van der Waals surface area contributed by atoms with E-state index in [0.29, 0.717) is 0 Å². The molecule has 0 aromatic rings. The van der Waals surface area contributed by atoms with Gasteiger partial charge in [-0.3, -0.25) is 19.2 Å². The molecule has 0 spiro atoms. The quantitative estimate of drug-likeness (QED) is 0.300. The number of esters is 3. The van der Waals surface area contributed by atoms with E-state index in [1.165, 1.54) is 0 Å². The van der Waals surface area contributed by atoms with Gasteiger partial charge >= 0.3 is 23.9 Å². The predicted molar refractivity (Wildman–Crippen MR) is 74.2 cm³/mol. The molecule has 0 aromatic carbocycles. The van der Waals surface area contributed by atoms with Crippen LogP contribution in [0.5, 0.6) is 0 Å². The topological polar surface area (TPSA) is 154 Å². The van der Waals surface area contributed by atoms with E-state index in [1.807, 2.05) is 0 Å². The van der Waals surface area contributed by atoms with Gasteiger partial charge in [-0.15, -0.1) is 0 Å². The van der Waals surface area contributed by atoms with Crippen LogP contribution in [-0.2, 0) is 38.2 Å². The molecule has 0 heterocycles. The second kappa shape index (κ2) is 9.20. The summed E-state index contributed by atoms with van der Waals surface area (Å²) in [5.74, 6) is -4.77. The Morgan fingerprint density at radius 2 is 1.22 bits per heavy atom. The number of aliphatic hydroxyl groups excluding tert-OH is 1. The van der Waals surface area contributed by atoms with Gasteiger partial charge in [-0.2, -0.15) is 0 Å². The van der Waals surface area contributed by atoms with Crippen LogP contribution >= 0.6 is 15.9 Å². The van der Waals surface area contributed by atoms with Crippen molar-refractivity contribution < 1.29 is 48.4 Å². The standard InChI is InChI=1S/C12H15BrO10/c1-4(14)21-8(7(17)12(19)20)9(22-5(2)15)10(11(13)18)23-6(3)16/h7-10,17H,1-3H3,(H,19,20)/t7-,8+,9-,10+/m0/s1. The lowest BCUT2D eigenvalue weighted by atomic mass is 10.0. The van der Waals surface area contributed by atoms with Crippen LogP contribution in [0, 0.1) is 0 Å². The van der Waals surface area contributed by atoms with Crippen molar-refractivity contribution >= 4 is 44.5 Å². The van der Waals surface area contributed by atoms with Gasteiger partial charge in [-0.1, -0.05) is 0 Å². The molecule has 4 atom stereocenters. The molecule has 0 aromatic heterocycles. The van der Waals surface area contributed by atoms with E-state index in [0.717, 1.165) is 20.8 Å². The number of carboxylic acid groups (broad SMARTS) is 1. The van der Waals surface area contributed by atoms with Crippen molar-refractivity contribution in [2.45, 2.75) is 45.2 Å². The van der Waals surface area contributed by atoms with Crippen LogP contribution in [-0.4, -0.2) is 63.2 Å². The van der Waals surface area contributed by atoms with Crippen LogP contribution in [0.3, 0.4) is 0 Å². The van der Waals surface area contributed by atoms with Crippen molar-refractivity contribution in [3.05, 3.63) is 0 Å². The van der Waals surface area contributed by atoms with E-state index in [1.54, 1.807) is 0 Å². The predicted octanol–water partition coefficient (Wildman–Crippen LogP) is -0.851. The first-order valence-electron chi connectivity index (χ1n) is 6.09. The first kappa shape index (κ1) is 21.0. The normalized spacial score (nSPS) is 15.5. The van der Waals surface area contributed by atoms with Gasteiger partial charge in [-0.05, 0) is 15.9 Å². The van der Waals surface area contributed by atoms with Gasteiger partial charge in [0.05, 0.1) is 0 Å². The first-order valence-corrected chi connectivity index (χ1v) is 6.88. The lowest BCUT2D eigenvalue weighted by Gasteiger charge is -2.31. The highest BCUT2D eigenvalue weighted by Crippen LogP contribution is 2.20. The van der Waals surface area contributed by atoms with Gasteiger partial charge in [0, 0.05) is 20.8 Å². The van der Waals surface area contributed by atoms with E-state index < -0.39 is 53.0 Å². The molecule has 2 N–H and O–H groups in total. The molecular weight excluding hydrogens is 384 g/mol. The van der Waals surface area contributed by atoms with Crippen LogP contribution < -0.4 is 0 Å². The molecule has 0 aliphatic heterocycles. The molecule has 11 heteroatoms. The minimum atomic E-state index is -2.34. The lowest BCUT2D eigenvalue weighted by molar-refractivity contribution is -0.196. The van der Waals surface area contributed by atoms with Gasteiger partial charge in [0.25, 0.3) is 0 Å². The second-order valence-electron chi connectivity index (χ2n) is 4.27. The summed E-state index contributed by atoms with van der Waals surface area (Å²) >= 11 is 2.50. The molecule has 0 aliphatic rings. The SMILES string of the molecule is CC(=O)O[C@@H]([C@H](OC(C)=O)[C@@H](OC(C)=O)C(=O)Br)[C@H](O)C(=O)O. The Morgan fingerprint density at radius 3 is 1.52 bits per heavy atom. The lowest BCUT2D eigenvalue weighted by Crippen LogP contribution is -2.54. The largest absolute Gasteiger partial charge is 0.479 e. The number of hydrogen-bond donors (Lipinski definition) is 2. The van der Waals surface area contributed by atoms with Crippen LogP contribution in [0.1, 0.15) is 20.8 Å². The number of hydrogen-bond acceptors (Lipinski definition) is 9. The van der Waals surface area contributed by atoms with Crippen LogP contribution in [0.4, 0.5) is 0 Å². The number of ether oxygens (including phenoxy) is 3. The Bertz CT molecular complexity index is 502. The smallest absolute Gasteiger partial charge is 0.336 e. The summed E-state index contributed by atoms with van der Waals surface area (Å²) in [6, 6.07) is 0. The number of carbonyl (C=O) groups is 5. The van der Waals surface area contributed by atoms with Crippen molar-refractivity contribution in [2.75, 3.05) is 0 Å². The molecule has 0 bridgehead atoms. The van der Waals surface area contributed by atoms with Crippen molar-refractivity contribution in [3.8, 4) is 0 Å². The molecule has 0 aliphatic carbocycles. The maximum atomic E-state index is 11.6. The van der Waals surface area contributed by atoms with E-state index >= 15 is 0 Å². The fourth-order valence-corrected chi connectivity index (χ4v) is 1.91. The summed E-state index contributed by atoms with van der Waals surface area (Å²) in [5, 5.41) is 18.5. The van der Waals surface area contributed by atoms with Crippen molar-refractivity contribution in [1.82, 2.24) is 0 Å². The van der Waals surface area contributed by atoms with E-state index in [-0.39, 0.29) is 0 Å². The fraction of sp³-hybridized carbons (Fsp3) is 0.583. The zero-order valence-corrected chi connectivity index (χ0v) is 13.9. The second-order valence-corrected chi connectivity index (χ2v) is 5.05. The highest BCUT2D eigenvalue weighted by Gasteiger charge is 2.46. The molecule has 0 unspecified atom stereocenters. The van der Waals surface area contributed by atoms with E-state index in [9.17, 15) is 29.1 Å².